The second kappa shape index (κ2) is 4.99. The van der Waals surface area contributed by atoms with Gasteiger partial charge in [0.1, 0.15) is 0 Å². The summed E-state index contributed by atoms with van der Waals surface area (Å²) in [5.41, 5.74) is 0.980. The van der Waals surface area contributed by atoms with Crippen molar-refractivity contribution >= 4 is 17.5 Å². The topological polar surface area (TPSA) is 23.6 Å². The molecule has 2 heterocycles. The number of carbonyl (C=O) groups is 1. The maximum Gasteiger partial charge on any atom is 0.255 e. The third-order valence-corrected chi connectivity index (χ3v) is 5.02. The number of halogens is 1. The summed E-state index contributed by atoms with van der Waals surface area (Å²) in [4.78, 5) is 17.3. The smallest absolute Gasteiger partial charge is 0.255 e. The summed E-state index contributed by atoms with van der Waals surface area (Å²) in [7, 11) is 2.18. The molecule has 3 rings (SSSR count). The Morgan fingerprint density at radius 2 is 1.67 bits per heavy atom. The maximum absolute atomic E-state index is 12.8. The van der Waals surface area contributed by atoms with Gasteiger partial charge in [0.15, 0.2) is 0 Å². The van der Waals surface area contributed by atoms with Crippen LogP contribution in [0.1, 0.15) is 30.6 Å². The molecule has 2 aliphatic rings. The van der Waals surface area contributed by atoms with Gasteiger partial charge in [-0.25, -0.2) is 0 Å². The first-order chi connectivity index (χ1) is 9.80. The highest BCUT2D eigenvalue weighted by atomic mass is 35.5. The lowest BCUT2D eigenvalue weighted by Gasteiger charge is -2.56. The van der Waals surface area contributed by atoms with E-state index in [0.29, 0.717) is 10.6 Å². The van der Waals surface area contributed by atoms with Crippen LogP contribution in [-0.2, 0) is 0 Å². The Bertz CT molecular complexity index is 556. The highest BCUT2D eigenvalue weighted by Gasteiger charge is 2.48. The van der Waals surface area contributed by atoms with Gasteiger partial charge in [0.2, 0.25) is 0 Å². The number of carbonyl (C=O) groups excluding carboxylic acids is 1. The minimum Gasteiger partial charge on any atom is -0.337 e. The Balaban J connectivity index is 1.88. The highest BCUT2D eigenvalue weighted by molar-refractivity contribution is 6.33. The molecule has 4 heteroatoms. The standard InChI is InChI=1S/C17H23ClN2O/c1-16-8-17(2,10-19(3)9-16)12-20(11-16)15(21)13-6-4-5-7-14(13)18/h4-7H,8-12H2,1-3H3/t16-,17+. The lowest BCUT2D eigenvalue weighted by molar-refractivity contribution is -0.0554. The number of piperidine rings is 2. The van der Waals surface area contributed by atoms with Gasteiger partial charge >= 0.3 is 0 Å². The molecule has 2 atom stereocenters. The van der Waals surface area contributed by atoms with E-state index in [1.54, 1.807) is 6.07 Å². The predicted molar refractivity (Wildman–Crippen MR) is 85.7 cm³/mol. The SMILES string of the molecule is CN1C[C@@]2(C)CN(C(=O)c3ccccc3Cl)C[C@@](C)(C1)C2. The fourth-order valence-corrected chi connectivity index (χ4v) is 4.86. The second-order valence-electron chi connectivity index (χ2n) is 7.61. The van der Waals surface area contributed by atoms with E-state index in [4.69, 9.17) is 11.6 Å². The van der Waals surface area contributed by atoms with Crippen molar-refractivity contribution in [2.24, 2.45) is 10.8 Å². The zero-order valence-corrected chi connectivity index (χ0v) is 13.8. The molecule has 1 amide bonds. The van der Waals surface area contributed by atoms with Gasteiger partial charge in [-0.1, -0.05) is 37.6 Å². The quantitative estimate of drug-likeness (QED) is 0.796. The van der Waals surface area contributed by atoms with Gasteiger partial charge < -0.3 is 9.80 Å². The first-order valence-corrected chi connectivity index (χ1v) is 7.91. The summed E-state index contributed by atoms with van der Waals surface area (Å²) in [6.45, 7) is 8.33. The number of likely N-dealkylation sites (tertiary alicyclic amines) is 2. The summed E-state index contributed by atoms with van der Waals surface area (Å²) in [6, 6.07) is 7.35. The fraction of sp³-hybridized carbons (Fsp3) is 0.588. The molecule has 2 bridgehead atoms. The first kappa shape index (κ1) is 14.9. The zero-order valence-electron chi connectivity index (χ0n) is 13.0. The lowest BCUT2D eigenvalue weighted by atomic mass is 9.65. The summed E-state index contributed by atoms with van der Waals surface area (Å²) < 4.78 is 0. The molecule has 0 radical (unpaired) electrons. The molecule has 0 aromatic heterocycles. The minimum atomic E-state index is 0.0716. The number of hydrogen-bond acceptors (Lipinski definition) is 2. The van der Waals surface area contributed by atoms with Crippen molar-refractivity contribution in [3.05, 3.63) is 34.9 Å². The summed E-state index contributed by atoms with van der Waals surface area (Å²) in [5, 5.41) is 0.547. The largest absolute Gasteiger partial charge is 0.337 e. The lowest BCUT2D eigenvalue weighted by Crippen LogP contribution is -2.62. The van der Waals surface area contributed by atoms with Gasteiger partial charge in [-0.15, -0.1) is 0 Å². The number of rotatable bonds is 1. The third kappa shape index (κ3) is 2.82. The van der Waals surface area contributed by atoms with E-state index in [-0.39, 0.29) is 16.7 Å². The van der Waals surface area contributed by atoms with Gasteiger partial charge in [-0.2, -0.15) is 0 Å². The van der Waals surface area contributed by atoms with Gasteiger partial charge in [-0.05, 0) is 36.4 Å². The van der Waals surface area contributed by atoms with Crippen molar-refractivity contribution < 1.29 is 4.79 Å². The van der Waals surface area contributed by atoms with Crippen LogP contribution >= 0.6 is 11.6 Å². The molecule has 0 saturated carbocycles. The van der Waals surface area contributed by atoms with Crippen molar-refractivity contribution in [2.75, 3.05) is 33.2 Å². The van der Waals surface area contributed by atoms with Gasteiger partial charge in [0.05, 0.1) is 10.6 Å². The van der Waals surface area contributed by atoms with Crippen molar-refractivity contribution in [3.8, 4) is 0 Å². The van der Waals surface area contributed by atoms with Crippen LogP contribution in [-0.4, -0.2) is 48.9 Å². The Hall–Kier alpha value is -1.06. The Kier molecular flexibility index (Phi) is 3.53. The van der Waals surface area contributed by atoms with E-state index < -0.39 is 0 Å². The number of amides is 1. The van der Waals surface area contributed by atoms with Crippen molar-refractivity contribution in [1.29, 1.82) is 0 Å². The van der Waals surface area contributed by atoms with Crippen LogP contribution in [0.2, 0.25) is 5.02 Å². The van der Waals surface area contributed by atoms with Crippen LogP contribution in [0.25, 0.3) is 0 Å². The van der Waals surface area contributed by atoms with Crippen LogP contribution in [0.15, 0.2) is 24.3 Å². The van der Waals surface area contributed by atoms with Crippen LogP contribution in [0, 0.1) is 10.8 Å². The number of benzene rings is 1. The molecular formula is C17H23ClN2O. The van der Waals surface area contributed by atoms with Gasteiger partial charge in [0, 0.05) is 26.2 Å². The van der Waals surface area contributed by atoms with E-state index in [1.807, 2.05) is 23.1 Å². The molecule has 2 aliphatic heterocycles. The Morgan fingerprint density at radius 3 is 2.24 bits per heavy atom. The van der Waals surface area contributed by atoms with Gasteiger partial charge in [0.25, 0.3) is 5.91 Å². The molecule has 0 N–H and O–H groups in total. The first-order valence-electron chi connectivity index (χ1n) is 7.53. The molecule has 0 unspecified atom stereocenters. The third-order valence-electron chi connectivity index (χ3n) is 4.69. The maximum atomic E-state index is 12.8. The minimum absolute atomic E-state index is 0.0716. The number of nitrogens with zero attached hydrogens (tertiary/aromatic N) is 2. The summed E-state index contributed by atoms with van der Waals surface area (Å²) >= 11 is 6.20. The van der Waals surface area contributed by atoms with E-state index in [9.17, 15) is 4.79 Å². The molecule has 0 spiro atoms. The molecule has 114 valence electrons. The summed E-state index contributed by atoms with van der Waals surface area (Å²) in [5.74, 6) is 0.0716. The normalized spacial score (nSPS) is 33.0. The monoisotopic (exact) mass is 306 g/mol. The Morgan fingerprint density at radius 1 is 1.10 bits per heavy atom. The van der Waals surface area contributed by atoms with Crippen LogP contribution in [0.4, 0.5) is 0 Å². The molecule has 0 aliphatic carbocycles. The van der Waals surface area contributed by atoms with Crippen LogP contribution in [0.5, 0.6) is 0 Å². The molecular weight excluding hydrogens is 284 g/mol. The molecule has 1 aromatic carbocycles. The molecule has 2 saturated heterocycles. The van der Waals surface area contributed by atoms with E-state index in [2.05, 4.69) is 25.8 Å². The van der Waals surface area contributed by atoms with E-state index >= 15 is 0 Å². The zero-order chi connectivity index (χ0) is 15.3. The van der Waals surface area contributed by atoms with Crippen LogP contribution < -0.4 is 0 Å². The fourth-order valence-electron chi connectivity index (χ4n) is 4.64. The Labute approximate surface area is 131 Å². The van der Waals surface area contributed by atoms with Crippen LogP contribution in [0.3, 0.4) is 0 Å². The van der Waals surface area contributed by atoms with Crippen molar-refractivity contribution in [2.45, 2.75) is 20.3 Å². The molecule has 2 fully saturated rings. The summed E-state index contributed by atoms with van der Waals surface area (Å²) in [6.07, 6.45) is 1.19. The van der Waals surface area contributed by atoms with Gasteiger partial charge in [-0.3, -0.25) is 4.79 Å². The second-order valence-corrected chi connectivity index (χ2v) is 8.02. The van der Waals surface area contributed by atoms with Crippen molar-refractivity contribution in [3.63, 3.8) is 0 Å². The van der Waals surface area contributed by atoms with E-state index in [0.717, 1.165) is 26.2 Å². The molecule has 21 heavy (non-hydrogen) atoms. The number of hydrogen-bond donors (Lipinski definition) is 0. The van der Waals surface area contributed by atoms with Crippen molar-refractivity contribution in [1.82, 2.24) is 9.80 Å². The predicted octanol–water partition coefficient (Wildman–Crippen LogP) is 3.14. The number of fused-ring (bicyclic) bond motifs is 2. The highest BCUT2D eigenvalue weighted by Crippen LogP contribution is 2.45. The average Bonchev–Trinajstić information content (AvgIpc) is 2.34. The molecule has 1 aromatic rings. The van der Waals surface area contributed by atoms with E-state index in [1.165, 1.54) is 6.42 Å². The molecule has 3 nitrogen and oxygen atoms in total. The average molecular weight is 307 g/mol.